The molecule has 25 heavy (non-hydrogen) atoms. The first-order chi connectivity index (χ1) is 12.2. The van der Waals surface area contributed by atoms with Gasteiger partial charge >= 0.3 is 0 Å². The van der Waals surface area contributed by atoms with Gasteiger partial charge in [0.2, 0.25) is 5.13 Å². The first kappa shape index (κ1) is 16.7. The van der Waals surface area contributed by atoms with E-state index < -0.39 is 0 Å². The molecule has 0 atom stereocenters. The Morgan fingerprint density at radius 2 is 2.04 bits per heavy atom. The standard InChI is InChI=1S/C17H22N6S2/c1-12(2)16-20-21-17(25-16)22-6-3-13(4-7-22)15-18-5-8-23(15)9-14-10-24-11-19-14/h5,8,10-13H,3-4,6-7,9H2,1-2H3. The summed E-state index contributed by atoms with van der Waals surface area (Å²) >= 11 is 3.37. The molecule has 4 heterocycles. The Kier molecular flexibility index (Phi) is 4.80. The van der Waals surface area contributed by atoms with Gasteiger partial charge in [-0.1, -0.05) is 25.2 Å². The molecule has 1 aliphatic heterocycles. The SMILES string of the molecule is CC(C)c1nnc(N2CCC(c3nccn3Cc3cscn3)CC2)s1. The molecular formula is C17H22N6S2. The van der Waals surface area contributed by atoms with Gasteiger partial charge in [-0.3, -0.25) is 0 Å². The van der Waals surface area contributed by atoms with Crippen LogP contribution in [-0.2, 0) is 6.54 Å². The smallest absolute Gasteiger partial charge is 0.208 e. The molecule has 8 heteroatoms. The van der Waals surface area contributed by atoms with E-state index in [1.54, 1.807) is 22.7 Å². The minimum absolute atomic E-state index is 0.446. The number of hydrogen-bond donors (Lipinski definition) is 0. The highest BCUT2D eigenvalue weighted by Gasteiger charge is 2.26. The van der Waals surface area contributed by atoms with Gasteiger partial charge in [0.25, 0.3) is 0 Å². The lowest BCUT2D eigenvalue weighted by Gasteiger charge is -2.31. The summed E-state index contributed by atoms with van der Waals surface area (Å²) in [4.78, 5) is 11.4. The van der Waals surface area contributed by atoms with Crippen LogP contribution in [-0.4, -0.2) is 37.8 Å². The Balaban J connectivity index is 1.41. The van der Waals surface area contributed by atoms with E-state index in [0.717, 1.165) is 48.3 Å². The molecule has 0 saturated carbocycles. The van der Waals surface area contributed by atoms with Crippen molar-refractivity contribution in [3.8, 4) is 0 Å². The number of imidazole rings is 1. The molecule has 0 aromatic carbocycles. The second kappa shape index (κ2) is 7.21. The van der Waals surface area contributed by atoms with Crippen molar-refractivity contribution >= 4 is 27.8 Å². The summed E-state index contributed by atoms with van der Waals surface area (Å²) in [5.74, 6) is 2.14. The molecule has 3 aromatic rings. The molecule has 0 aliphatic carbocycles. The van der Waals surface area contributed by atoms with Crippen molar-refractivity contribution in [3.63, 3.8) is 0 Å². The molecule has 132 valence electrons. The Bertz CT molecular complexity index is 799. The zero-order valence-corrected chi connectivity index (χ0v) is 16.1. The molecule has 1 saturated heterocycles. The monoisotopic (exact) mass is 374 g/mol. The number of anilines is 1. The fourth-order valence-electron chi connectivity index (χ4n) is 3.22. The number of nitrogens with zero attached hydrogens (tertiary/aromatic N) is 6. The maximum Gasteiger partial charge on any atom is 0.208 e. The first-order valence-electron chi connectivity index (χ1n) is 8.67. The van der Waals surface area contributed by atoms with Crippen molar-refractivity contribution < 1.29 is 0 Å². The number of piperidine rings is 1. The summed E-state index contributed by atoms with van der Waals surface area (Å²) in [6, 6.07) is 0. The average Bonchev–Trinajstić information content (AvgIpc) is 3.37. The summed E-state index contributed by atoms with van der Waals surface area (Å²) in [6.07, 6.45) is 6.18. The minimum atomic E-state index is 0.446. The third-order valence-corrected chi connectivity index (χ3v) is 6.54. The van der Waals surface area contributed by atoms with Crippen molar-refractivity contribution in [2.24, 2.45) is 0 Å². The highest BCUT2D eigenvalue weighted by atomic mass is 32.1. The lowest BCUT2D eigenvalue weighted by molar-refractivity contribution is 0.469. The van der Waals surface area contributed by atoms with E-state index in [1.807, 2.05) is 11.7 Å². The highest BCUT2D eigenvalue weighted by Crippen LogP contribution is 2.32. The van der Waals surface area contributed by atoms with Crippen LogP contribution in [0.2, 0.25) is 0 Å². The first-order valence-corrected chi connectivity index (χ1v) is 10.4. The van der Waals surface area contributed by atoms with E-state index in [0.29, 0.717) is 11.8 Å². The van der Waals surface area contributed by atoms with Gasteiger partial charge in [-0.25, -0.2) is 9.97 Å². The van der Waals surface area contributed by atoms with E-state index in [4.69, 9.17) is 0 Å². The quantitative estimate of drug-likeness (QED) is 0.681. The zero-order chi connectivity index (χ0) is 17.2. The molecule has 0 N–H and O–H groups in total. The molecule has 6 nitrogen and oxygen atoms in total. The Labute approximate surface area is 155 Å². The van der Waals surface area contributed by atoms with Crippen molar-refractivity contribution in [1.82, 2.24) is 24.7 Å². The van der Waals surface area contributed by atoms with Crippen LogP contribution in [0.5, 0.6) is 0 Å². The summed E-state index contributed by atoms with van der Waals surface area (Å²) in [7, 11) is 0. The summed E-state index contributed by atoms with van der Waals surface area (Å²) < 4.78 is 2.25. The molecule has 3 aromatic heterocycles. The van der Waals surface area contributed by atoms with Crippen LogP contribution < -0.4 is 4.90 Å². The summed E-state index contributed by atoms with van der Waals surface area (Å²) in [6.45, 7) is 7.17. The summed E-state index contributed by atoms with van der Waals surface area (Å²) in [5, 5.41) is 13.0. The lowest BCUT2D eigenvalue weighted by Crippen LogP contribution is -2.33. The topological polar surface area (TPSA) is 59.7 Å². The van der Waals surface area contributed by atoms with E-state index in [1.165, 1.54) is 5.82 Å². The molecule has 1 fully saturated rings. The lowest BCUT2D eigenvalue weighted by atomic mass is 9.96. The fourth-order valence-corrected chi connectivity index (χ4v) is 4.67. The van der Waals surface area contributed by atoms with Gasteiger partial charge < -0.3 is 9.47 Å². The van der Waals surface area contributed by atoms with Crippen molar-refractivity contribution in [2.75, 3.05) is 18.0 Å². The van der Waals surface area contributed by atoms with Crippen LogP contribution in [0.25, 0.3) is 0 Å². The number of aromatic nitrogens is 5. The second-order valence-corrected chi connectivity index (χ2v) is 8.44. The van der Waals surface area contributed by atoms with Gasteiger partial charge in [-0.2, -0.15) is 0 Å². The third-order valence-electron chi connectivity index (χ3n) is 4.62. The molecule has 1 aliphatic rings. The van der Waals surface area contributed by atoms with Crippen LogP contribution in [0.4, 0.5) is 5.13 Å². The van der Waals surface area contributed by atoms with Gasteiger partial charge in [0.05, 0.1) is 17.7 Å². The van der Waals surface area contributed by atoms with Crippen molar-refractivity contribution in [3.05, 3.63) is 39.8 Å². The Morgan fingerprint density at radius 3 is 2.72 bits per heavy atom. The van der Waals surface area contributed by atoms with E-state index in [-0.39, 0.29) is 0 Å². The molecule has 0 bridgehead atoms. The molecule has 0 amide bonds. The van der Waals surface area contributed by atoms with Gasteiger partial charge in [0.1, 0.15) is 10.8 Å². The summed E-state index contributed by atoms with van der Waals surface area (Å²) in [5.41, 5.74) is 2.99. The molecule has 0 spiro atoms. The highest BCUT2D eigenvalue weighted by molar-refractivity contribution is 7.15. The van der Waals surface area contributed by atoms with Gasteiger partial charge in [0, 0.05) is 42.7 Å². The van der Waals surface area contributed by atoms with Crippen LogP contribution in [0.1, 0.15) is 55.1 Å². The fraction of sp³-hybridized carbons (Fsp3) is 0.529. The Morgan fingerprint density at radius 1 is 1.20 bits per heavy atom. The normalized spacial score (nSPS) is 16.0. The minimum Gasteiger partial charge on any atom is -0.347 e. The maximum absolute atomic E-state index is 4.64. The van der Waals surface area contributed by atoms with Crippen LogP contribution in [0.15, 0.2) is 23.3 Å². The van der Waals surface area contributed by atoms with Crippen LogP contribution in [0, 0.1) is 0 Å². The zero-order valence-electron chi connectivity index (χ0n) is 14.5. The van der Waals surface area contributed by atoms with E-state index in [9.17, 15) is 0 Å². The number of hydrogen-bond acceptors (Lipinski definition) is 7. The molecular weight excluding hydrogens is 352 g/mol. The molecule has 4 rings (SSSR count). The largest absolute Gasteiger partial charge is 0.347 e. The second-order valence-electron chi connectivity index (χ2n) is 6.73. The van der Waals surface area contributed by atoms with Gasteiger partial charge in [-0.15, -0.1) is 21.5 Å². The number of thiazole rings is 1. The van der Waals surface area contributed by atoms with Crippen LogP contribution in [0.3, 0.4) is 0 Å². The third kappa shape index (κ3) is 3.59. The maximum atomic E-state index is 4.64. The van der Waals surface area contributed by atoms with E-state index in [2.05, 4.69) is 55.1 Å². The van der Waals surface area contributed by atoms with Gasteiger partial charge in [-0.05, 0) is 12.8 Å². The van der Waals surface area contributed by atoms with E-state index >= 15 is 0 Å². The predicted molar refractivity (Wildman–Crippen MR) is 102 cm³/mol. The van der Waals surface area contributed by atoms with Gasteiger partial charge in [0.15, 0.2) is 0 Å². The van der Waals surface area contributed by atoms with Crippen molar-refractivity contribution in [1.29, 1.82) is 0 Å². The van der Waals surface area contributed by atoms with Crippen LogP contribution >= 0.6 is 22.7 Å². The molecule has 0 radical (unpaired) electrons. The predicted octanol–water partition coefficient (Wildman–Crippen LogP) is 3.75. The Hall–Kier alpha value is -1.80. The van der Waals surface area contributed by atoms with Crippen molar-refractivity contribution in [2.45, 2.75) is 45.1 Å². The molecule has 0 unspecified atom stereocenters. The number of rotatable bonds is 5. The average molecular weight is 375 g/mol.